The zero-order valence-corrected chi connectivity index (χ0v) is 14.8. The molecular formula is C17H26N2O5. The molecule has 0 aliphatic carbocycles. The summed E-state index contributed by atoms with van der Waals surface area (Å²) < 4.78 is 21.4. The van der Waals surface area contributed by atoms with Crippen molar-refractivity contribution in [1.82, 2.24) is 4.90 Å². The number of carbonyl (C=O) groups is 1. The fraction of sp³-hybridized carbons (Fsp3) is 0.588. The van der Waals surface area contributed by atoms with Gasteiger partial charge in [-0.1, -0.05) is 0 Å². The Morgan fingerprint density at radius 1 is 1.12 bits per heavy atom. The number of fused-ring (bicyclic) bond motifs is 1. The van der Waals surface area contributed by atoms with E-state index in [1.807, 2.05) is 6.07 Å². The minimum Gasteiger partial charge on any atom is -0.493 e. The number of ether oxygens (including phenoxy) is 4. The Bertz CT molecular complexity index is 591. The molecule has 0 saturated heterocycles. The number of methoxy groups -OCH3 is 4. The SMILES string of the molecule is COCC(N)C(=O)N1CCc2cc(OC)c(OC)c(OC)c2CC1. The molecule has 2 rings (SSSR count). The Kier molecular flexibility index (Phi) is 6.28. The average molecular weight is 338 g/mol. The molecule has 134 valence electrons. The lowest BCUT2D eigenvalue weighted by molar-refractivity contribution is -0.133. The molecule has 1 amide bonds. The van der Waals surface area contributed by atoms with Gasteiger partial charge in [-0.15, -0.1) is 0 Å². The van der Waals surface area contributed by atoms with Crippen molar-refractivity contribution in [2.45, 2.75) is 18.9 Å². The summed E-state index contributed by atoms with van der Waals surface area (Å²) in [6.45, 7) is 1.39. The lowest BCUT2D eigenvalue weighted by atomic mass is 10.0. The van der Waals surface area contributed by atoms with E-state index in [-0.39, 0.29) is 12.5 Å². The van der Waals surface area contributed by atoms with Crippen molar-refractivity contribution < 1.29 is 23.7 Å². The average Bonchev–Trinajstić information content (AvgIpc) is 2.81. The molecule has 1 aromatic rings. The molecular weight excluding hydrogens is 312 g/mol. The van der Waals surface area contributed by atoms with Crippen molar-refractivity contribution in [2.75, 3.05) is 48.1 Å². The molecule has 1 aliphatic rings. The molecule has 0 spiro atoms. The number of nitrogens with two attached hydrogens (primary N) is 1. The van der Waals surface area contributed by atoms with Gasteiger partial charge in [0.15, 0.2) is 11.5 Å². The monoisotopic (exact) mass is 338 g/mol. The smallest absolute Gasteiger partial charge is 0.241 e. The van der Waals surface area contributed by atoms with E-state index in [0.717, 1.165) is 11.1 Å². The highest BCUT2D eigenvalue weighted by Crippen LogP contribution is 2.43. The Hall–Kier alpha value is -1.99. The predicted octanol–water partition coefficient (Wildman–Crippen LogP) is 0.613. The van der Waals surface area contributed by atoms with Crippen LogP contribution in [0.4, 0.5) is 0 Å². The maximum Gasteiger partial charge on any atom is 0.241 e. The van der Waals surface area contributed by atoms with E-state index < -0.39 is 6.04 Å². The summed E-state index contributed by atoms with van der Waals surface area (Å²) in [6.07, 6.45) is 1.38. The van der Waals surface area contributed by atoms with Crippen molar-refractivity contribution in [3.05, 3.63) is 17.2 Å². The molecule has 0 fully saturated rings. The molecule has 7 nitrogen and oxygen atoms in total. The van der Waals surface area contributed by atoms with Crippen LogP contribution in [0.3, 0.4) is 0 Å². The van der Waals surface area contributed by atoms with Crippen LogP contribution in [0.15, 0.2) is 6.07 Å². The first kappa shape index (κ1) is 18.4. The van der Waals surface area contributed by atoms with Crippen LogP contribution in [-0.2, 0) is 22.4 Å². The Morgan fingerprint density at radius 2 is 1.79 bits per heavy atom. The number of carbonyl (C=O) groups excluding carboxylic acids is 1. The topological polar surface area (TPSA) is 83.3 Å². The highest BCUT2D eigenvalue weighted by molar-refractivity contribution is 5.82. The second kappa shape index (κ2) is 8.21. The molecule has 0 radical (unpaired) electrons. The van der Waals surface area contributed by atoms with Gasteiger partial charge in [-0.2, -0.15) is 0 Å². The molecule has 1 aromatic carbocycles. The van der Waals surface area contributed by atoms with Crippen LogP contribution in [0.1, 0.15) is 11.1 Å². The Labute approximate surface area is 142 Å². The quantitative estimate of drug-likeness (QED) is 0.818. The largest absolute Gasteiger partial charge is 0.493 e. The fourth-order valence-electron chi connectivity index (χ4n) is 3.08. The van der Waals surface area contributed by atoms with E-state index >= 15 is 0 Å². The predicted molar refractivity (Wildman–Crippen MR) is 89.9 cm³/mol. The van der Waals surface area contributed by atoms with Crippen LogP contribution < -0.4 is 19.9 Å². The Morgan fingerprint density at radius 3 is 2.38 bits per heavy atom. The normalized spacial score (nSPS) is 15.3. The molecule has 2 N–H and O–H groups in total. The van der Waals surface area contributed by atoms with Gasteiger partial charge < -0.3 is 29.6 Å². The van der Waals surface area contributed by atoms with E-state index in [1.54, 1.807) is 26.2 Å². The lowest BCUT2D eigenvalue weighted by Gasteiger charge is -2.23. The maximum absolute atomic E-state index is 12.4. The van der Waals surface area contributed by atoms with Crippen molar-refractivity contribution in [3.8, 4) is 17.2 Å². The lowest BCUT2D eigenvalue weighted by Crippen LogP contribution is -2.47. The summed E-state index contributed by atoms with van der Waals surface area (Å²) in [5.41, 5.74) is 8.03. The molecule has 1 atom stereocenters. The second-order valence-electron chi connectivity index (χ2n) is 5.67. The number of hydrogen-bond acceptors (Lipinski definition) is 6. The number of rotatable bonds is 6. The van der Waals surface area contributed by atoms with Crippen LogP contribution in [-0.4, -0.2) is 65.0 Å². The zero-order chi connectivity index (χ0) is 17.7. The van der Waals surface area contributed by atoms with Crippen LogP contribution in [0, 0.1) is 0 Å². The number of amides is 1. The minimum atomic E-state index is -0.637. The molecule has 1 aliphatic heterocycles. The van der Waals surface area contributed by atoms with Gasteiger partial charge in [-0.05, 0) is 24.5 Å². The van der Waals surface area contributed by atoms with E-state index in [1.165, 1.54) is 7.11 Å². The third-order valence-electron chi connectivity index (χ3n) is 4.28. The van der Waals surface area contributed by atoms with E-state index in [4.69, 9.17) is 24.7 Å². The number of benzene rings is 1. The number of hydrogen-bond donors (Lipinski definition) is 1. The van der Waals surface area contributed by atoms with Crippen molar-refractivity contribution in [2.24, 2.45) is 5.73 Å². The van der Waals surface area contributed by atoms with Gasteiger partial charge in [-0.3, -0.25) is 4.79 Å². The molecule has 24 heavy (non-hydrogen) atoms. The standard InChI is InChI=1S/C17H26N2O5/c1-21-10-13(18)17(20)19-7-5-11-9-14(22-2)16(24-4)15(23-3)12(11)6-8-19/h9,13H,5-8,10,18H2,1-4H3. The summed E-state index contributed by atoms with van der Waals surface area (Å²) in [7, 11) is 6.33. The van der Waals surface area contributed by atoms with Gasteiger partial charge in [0.2, 0.25) is 11.7 Å². The van der Waals surface area contributed by atoms with Crippen LogP contribution >= 0.6 is 0 Å². The molecule has 7 heteroatoms. The summed E-state index contributed by atoms with van der Waals surface area (Å²) in [6, 6.07) is 1.32. The van der Waals surface area contributed by atoms with E-state index in [0.29, 0.717) is 43.2 Å². The highest BCUT2D eigenvalue weighted by Gasteiger charge is 2.27. The van der Waals surface area contributed by atoms with Gasteiger partial charge in [0.25, 0.3) is 0 Å². The first-order valence-corrected chi connectivity index (χ1v) is 7.91. The zero-order valence-electron chi connectivity index (χ0n) is 14.8. The van der Waals surface area contributed by atoms with E-state index in [2.05, 4.69) is 0 Å². The second-order valence-corrected chi connectivity index (χ2v) is 5.67. The van der Waals surface area contributed by atoms with Gasteiger partial charge in [-0.25, -0.2) is 0 Å². The first-order chi connectivity index (χ1) is 11.6. The summed E-state index contributed by atoms with van der Waals surface area (Å²) in [4.78, 5) is 14.2. The maximum atomic E-state index is 12.4. The third kappa shape index (κ3) is 3.57. The molecule has 1 unspecified atom stereocenters. The highest BCUT2D eigenvalue weighted by atomic mass is 16.5. The van der Waals surface area contributed by atoms with Gasteiger partial charge in [0.1, 0.15) is 6.04 Å². The van der Waals surface area contributed by atoms with Crippen LogP contribution in [0.5, 0.6) is 17.2 Å². The molecule has 0 bridgehead atoms. The van der Waals surface area contributed by atoms with Crippen molar-refractivity contribution >= 4 is 5.91 Å². The summed E-state index contributed by atoms with van der Waals surface area (Å²) in [5, 5.41) is 0. The molecule has 0 saturated carbocycles. The first-order valence-electron chi connectivity index (χ1n) is 7.91. The van der Waals surface area contributed by atoms with Crippen LogP contribution in [0.2, 0.25) is 0 Å². The van der Waals surface area contributed by atoms with Gasteiger partial charge in [0, 0.05) is 25.8 Å². The fourth-order valence-corrected chi connectivity index (χ4v) is 3.08. The van der Waals surface area contributed by atoms with Crippen LogP contribution in [0.25, 0.3) is 0 Å². The summed E-state index contributed by atoms with van der Waals surface area (Å²) >= 11 is 0. The van der Waals surface area contributed by atoms with Gasteiger partial charge in [0.05, 0.1) is 27.9 Å². The third-order valence-corrected chi connectivity index (χ3v) is 4.28. The Balaban J connectivity index is 2.29. The van der Waals surface area contributed by atoms with Gasteiger partial charge >= 0.3 is 0 Å². The van der Waals surface area contributed by atoms with Crippen molar-refractivity contribution in [3.63, 3.8) is 0 Å². The van der Waals surface area contributed by atoms with Crippen molar-refractivity contribution in [1.29, 1.82) is 0 Å². The number of nitrogens with zero attached hydrogens (tertiary/aromatic N) is 1. The molecule has 1 heterocycles. The summed E-state index contributed by atoms with van der Waals surface area (Å²) in [5.74, 6) is 1.78. The van der Waals surface area contributed by atoms with E-state index in [9.17, 15) is 4.79 Å². The minimum absolute atomic E-state index is 0.0949. The molecule has 0 aromatic heterocycles.